The quantitative estimate of drug-likeness (QED) is 0.850. The summed E-state index contributed by atoms with van der Waals surface area (Å²) in [6.07, 6.45) is 13.2. The van der Waals surface area contributed by atoms with E-state index in [1.54, 1.807) is 18.7 Å². The molecule has 4 rings (SSSR count). The summed E-state index contributed by atoms with van der Waals surface area (Å²) in [5, 5.41) is 0. The second kappa shape index (κ2) is 6.68. The van der Waals surface area contributed by atoms with E-state index in [0.29, 0.717) is 6.54 Å². The van der Waals surface area contributed by atoms with Crippen LogP contribution in [-0.2, 0) is 4.79 Å². The Hall–Kier alpha value is -2.28. The van der Waals surface area contributed by atoms with Crippen LogP contribution in [0.1, 0.15) is 37.4 Å². The normalized spacial score (nSPS) is 21.5. The Morgan fingerprint density at radius 1 is 1.12 bits per heavy atom. The molecule has 0 bridgehead atoms. The van der Waals surface area contributed by atoms with Crippen LogP contribution in [-0.4, -0.2) is 61.4 Å². The topological polar surface area (TPSA) is 67.2 Å². The van der Waals surface area contributed by atoms with Gasteiger partial charge in [-0.3, -0.25) is 19.2 Å². The van der Waals surface area contributed by atoms with Gasteiger partial charge >= 0.3 is 0 Å². The molecule has 24 heavy (non-hydrogen) atoms. The van der Waals surface area contributed by atoms with Crippen molar-refractivity contribution in [3.05, 3.63) is 36.8 Å². The first-order chi connectivity index (χ1) is 11.8. The highest BCUT2D eigenvalue weighted by atomic mass is 16.2. The average molecular weight is 326 g/mol. The molecular formula is C17H22N6O. The Morgan fingerprint density at radius 2 is 2.00 bits per heavy atom. The summed E-state index contributed by atoms with van der Waals surface area (Å²) in [6, 6.07) is 0.174. The van der Waals surface area contributed by atoms with Crippen molar-refractivity contribution < 1.29 is 4.79 Å². The lowest BCUT2D eigenvalue weighted by Crippen LogP contribution is -2.38. The monoisotopic (exact) mass is 326 g/mol. The van der Waals surface area contributed by atoms with E-state index < -0.39 is 0 Å². The highest BCUT2D eigenvalue weighted by Gasteiger charge is 2.30. The summed E-state index contributed by atoms with van der Waals surface area (Å²) in [4.78, 5) is 29.9. The molecule has 1 atom stereocenters. The lowest BCUT2D eigenvalue weighted by molar-refractivity contribution is -0.131. The van der Waals surface area contributed by atoms with Crippen LogP contribution in [0.25, 0.3) is 5.82 Å². The second-order valence-electron chi connectivity index (χ2n) is 6.49. The molecule has 0 aromatic carbocycles. The smallest absolute Gasteiger partial charge is 0.236 e. The van der Waals surface area contributed by atoms with Gasteiger partial charge in [0.05, 0.1) is 30.7 Å². The number of amides is 1. The molecule has 7 heteroatoms. The van der Waals surface area contributed by atoms with E-state index in [1.807, 2.05) is 21.9 Å². The first kappa shape index (κ1) is 15.3. The van der Waals surface area contributed by atoms with Crippen molar-refractivity contribution in [2.75, 3.05) is 26.2 Å². The Kier molecular flexibility index (Phi) is 4.25. The third kappa shape index (κ3) is 3.03. The summed E-state index contributed by atoms with van der Waals surface area (Å²) < 4.78 is 1.85. The molecule has 4 heterocycles. The van der Waals surface area contributed by atoms with Crippen LogP contribution in [0.3, 0.4) is 0 Å². The second-order valence-corrected chi connectivity index (χ2v) is 6.49. The molecule has 2 saturated heterocycles. The number of aromatic nitrogens is 4. The Balaban J connectivity index is 1.50. The zero-order valence-electron chi connectivity index (χ0n) is 13.7. The number of rotatable bonds is 4. The first-order valence-corrected chi connectivity index (χ1v) is 8.63. The largest absolute Gasteiger partial charge is 0.342 e. The molecule has 2 fully saturated rings. The molecule has 2 aromatic heterocycles. The summed E-state index contributed by atoms with van der Waals surface area (Å²) in [6.45, 7) is 3.25. The summed E-state index contributed by atoms with van der Waals surface area (Å²) in [5.74, 6) is 1.01. The van der Waals surface area contributed by atoms with Crippen molar-refractivity contribution >= 4 is 5.91 Å². The lowest BCUT2D eigenvalue weighted by Gasteiger charge is -2.26. The maximum atomic E-state index is 12.5. The van der Waals surface area contributed by atoms with Gasteiger partial charge in [-0.05, 0) is 32.2 Å². The number of hydrogen-bond acceptors (Lipinski definition) is 5. The molecule has 0 aliphatic carbocycles. The predicted molar refractivity (Wildman–Crippen MR) is 88.5 cm³/mol. The molecule has 0 saturated carbocycles. The van der Waals surface area contributed by atoms with E-state index in [0.717, 1.165) is 56.8 Å². The van der Waals surface area contributed by atoms with Gasteiger partial charge in [0.1, 0.15) is 6.33 Å². The third-order valence-corrected chi connectivity index (χ3v) is 4.91. The molecule has 0 radical (unpaired) electrons. The van der Waals surface area contributed by atoms with Gasteiger partial charge in [0.25, 0.3) is 0 Å². The molecule has 0 spiro atoms. The van der Waals surface area contributed by atoms with Crippen molar-refractivity contribution in [3.63, 3.8) is 0 Å². The fourth-order valence-corrected chi connectivity index (χ4v) is 3.64. The van der Waals surface area contributed by atoms with E-state index in [1.165, 1.54) is 0 Å². The van der Waals surface area contributed by atoms with Crippen molar-refractivity contribution in [2.24, 2.45) is 0 Å². The lowest BCUT2D eigenvalue weighted by atomic mass is 10.1. The maximum absolute atomic E-state index is 12.5. The fraction of sp³-hybridized carbons (Fsp3) is 0.529. The number of hydrogen-bond donors (Lipinski definition) is 0. The molecule has 126 valence electrons. The molecule has 2 aliphatic rings. The Morgan fingerprint density at radius 3 is 2.79 bits per heavy atom. The van der Waals surface area contributed by atoms with Crippen LogP contribution in [0, 0.1) is 0 Å². The third-order valence-electron chi connectivity index (χ3n) is 4.91. The summed E-state index contributed by atoms with van der Waals surface area (Å²) in [5.41, 5.74) is 0.938. The standard InChI is InChI=1S/C17H22N6O/c24-17(21-6-1-2-7-21)12-22-8-3-4-15(22)14-10-19-11-16(20-14)23-9-5-18-13-23/h5,9-11,13,15H,1-4,6-8,12H2. The zero-order valence-corrected chi connectivity index (χ0v) is 13.7. The van der Waals surface area contributed by atoms with E-state index in [9.17, 15) is 4.79 Å². The summed E-state index contributed by atoms with van der Waals surface area (Å²) in [7, 11) is 0. The number of nitrogens with zero attached hydrogens (tertiary/aromatic N) is 6. The van der Waals surface area contributed by atoms with Crippen LogP contribution < -0.4 is 0 Å². The summed E-state index contributed by atoms with van der Waals surface area (Å²) >= 11 is 0. The van der Waals surface area contributed by atoms with Crippen LogP contribution in [0.5, 0.6) is 0 Å². The minimum absolute atomic E-state index is 0.174. The fourth-order valence-electron chi connectivity index (χ4n) is 3.64. The molecule has 2 aliphatic heterocycles. The molecule has 1 unspecified atom stereocenters. The van der Waals surface area contributed by atoms with E-state index in [4.69, 9.17) is 4.98 Å². The number of likely N-dealkylation sites (tertiary alicyclic amines) is 2. The highest BCUT2D eigenvalue weighted by Crippen LogP contribution is 2.30. The van der Waals surface area contributed by atoms with Crippen LogP contribution in [0.4, 0.5) is 0 Å². The van der Waals surface area contributed by atoms with E-state index in [2.05, 4.69) is 14.9 Å². The SMILES string of the molecule is O=C(CN1CCCC1c1cncc(-n2ccnc2)n1)N1CCCC1. The maximum Gasteiger partial charge on any atom is 0.236 e. The van der Waals surface area contributed by atoms with Crippen LogP contribution in [0.15, 0.2) is 31.1 Å². The van der Waals surface area contributed by atoms with Crippen LogP contribution >= 0.6 is 0 Å². The Labute approximate surface area is 141 Å². The van der Waals surface area contributed by atoms with Crippen molar-refractivity contribution in [2.45, 2.75) is 31.7 Å². The Bertz CT molecular complexity index is 695. The number of carbonyl (C=O) groups is 1. The van der Waals surface area contributed by atoms with Gasteiger partial charge in [0.15, 0.2) is 5.82 Å². The highest BCUT2D eigenvalue weighted by molar-refractivity contribution is 5.78. The molecule has 7 nitrogen and oxygen atoms in total. The van der Waals surface area contributed by atoms with Gasteiger partial charge in [-0.15, -0.1) is 0 Å². The van der Waals surface area contributed by atoms with Gasteiger partial charge in [-0.2, -0.15) is 0 Å². The molecule has 2 aromatic rings. The van der Waals surface area contributed by atoms with E-state index in [-0.39, 0.29) is 11.9 Å². The average Bonchev–Trinajstić information content (AvgIpc) is 3.36. The number of imidazole rings is 1. The van der Waals surface area contributed by atoms with E-state index >= 15 is 0 Å². The van der Waals surface area contributed by atoms with Gasteiger partial charge in [0.2, 0.25) is 5.91 Å². The molecular weight excluding hydrogens is 304 g/mol. The van der Waals surface area contributed by atoms with Gasteiger partial charge in [-0.25, -0.2) is 9.97 Å². The minimum Gasteiger partial charge on any atom is -0.342 e. The molecule has 1 amide bonds. The van der Waals surface area contributed by atoms with Crippen molar-refractivity contribution in [3.8, 4) is 5.82 Å². The van der Waals surface area contributed by atoms with Crippen molar-refractivity contribution in [1.82, 2.24) is 29.3 Å². The zero-order chi connectivity index (χ0) is 16.4. The first-order valence-electron chi connectivity index (χ1n) is 8.63. The van der Waals surface area contributed by atoms with Gasteiger partial charge < -0.3 is 4.90 Å². The van der Waals surface area contributed by atoms with Gasteiger partial charge in [0, 0.05) is 25.5 Å². The predicted octanol–water partition coefficient (Wildman–Crippen LogP) is 1.42. The molecule has 0 N–H and O–H groups in total. The van der Waals surface area contributed by atoms with Crippen LogP contribution in [0.2, 0.25) is 0 Å². The minimum atomic E-state index is 0.174. The van der Waals surface area contributed by atoms with Crippen molar-refractivity contribution in [1.29, 1.82) is 0 Å². The number of carbonyl (C=O) groups excluding carboxylic acids is 1. The van der Waals surface area contributed by atoms with Gasteiger partial charge in [-0.1, -0.05) is 0 Å².